The first kappa shape index (κ1) is 11.1. The minimum atomic E-state index is -0.423. The van der Waals surface area contributed by atoms with Crippen LogP contribution in [0.1, 0.15) is 18.4 Å². The van der Waals surface area contributed by atoms with Gasteiger partial charge in [-0.3, -0.25) is 11.6 Å². The second-order valence-corrected chi connectivity index (χ2v) is 4.11. The summed E-state index contributed by atoms with van der Waals surface area (Å²) in [6, 6.07) is 8.10. The summed E-state index contributed by atoms with van der Waals surface area (Å²) in [4.78, 5) is 0. The second kappa shape index (κ2) is 5.12. The van der Waals surface area contributed by atoms with Crippen LogP contribution in [0.3, 0.4) is 0 Å². The third-order valence-electron chi connectivity index (χ3n) is 2.60. The van der Waals surface area contributed by atoms with Gasteiger partial charge in [0.1, 0.15) is 6.29 Å². The maximum atomic E-state index is 5.59. The molecule has 16 heavy (non-hydrogen) atoms. The van der Waals surface area contributed by atoms with Gasteiger partial charge in [0.25, 0.3) is 0 Å². The number of rotatable bonds is 5. The van der Waals surface area contributed by atoms with Gasteiger partial charge in [0, 0.05) is 5.69 Å². The first-order chi connectivity index (χ1) is 7.78. The Labute approximate surface area is 95.7 Å². The van der Waals surface area contributed by atoms with Gasteiger partial charge in [0.15, 0.2) is 0 Å². The van der Waals surface area contributed by atoms with Crippen molar-refractivity contribution in [3.8, 4) is 0 Å². The topological polar surface area (TPSA) is 76.1 Å². The largest absolute Gasteiger partial charge is 0.357 e. The van der Waals surface area contributed by atoms with E-state index in [0.717, 1.165) is 11.6 Å². The van der Waals surface area contributed by atoms with Gasteiger partial charge in [-0.2, -0.15) is 0 Å². The van der Waals surface area contributed by atoms with Crippen LogP contribution in [0.4, 0.5) is 5.69 Å². The average molecular weight is 218 g/mol. The Morgan fingerprint density at radius 1 is 1.25 bits per heavy atom. The zero-order valence-electron chi connectivity index (χ0n) is 9.19. The van der Waals surface area contributed by atoms with E-state index in [9.17, 15) is 0 Å². The van der Waals surface area contributed by atoms with Gasteiger partial charge in [0.2, 0.25) is 0 Å². The summed E-state index contributed by atoms with van der Waals surface area (Å²) < 4.78 is 0. The number of benzene rings is 1. The van der Waals surface area contributed by atoms with E-state index >= 15 is 0 Å². The number of hydrogen-bond acceptors (Lipinski definition) is 4. The molecule has 1 aliphatic carbocycles. The fourth-order valence-corrected chi connectivity index (χ4v) is 1.45. The van der Waals surface area contributed by atoms with E-state index < -0.39 is 6.29 Å². The van der Waals surface area contributed by atoms with Gasteiger partial charge in [-0.15, -0.1) is 0 Å². The van der Waals surface area contributed by atoms with Gasteiger partial charge in [-0.05, 0) is 36.5 Å². The molecule has 1 aliphatic rings. The molecule has 1 fully saturated rings. The Hall–Kier alpha value is -1.36. The molecule has 0 saturated heterocycles. The van der Waals surface area contributed by atoms with Gasteiger partial charge in [0.05, 0.1) is 0 Å². The van der Waals surface area contributed by atoms with Crippen molar-refractivity contribution in [3.63, 3.8) is 0 Å². The predicted molar refractivity (Wildman–Crippen MR) is 67.1 cm³/mol. The predicted octanol–water partition coefficient (Wildman–Crippen LogP) is 1.23. The van der Waals surface area contributed by atoms with Crippen LogP contribution in [0, 0.1) is 5.92 Å². The standard InChI is InChI=1S/C12H18N4/c13-12(16-14)15-11-7-5-10(6-8-11)4-3-9-1-2-9/h3-9,12,15-16H,1-2,13-14H2/b4-3+. The van der Waals surface area contributed by atoms with Crippen molar-refractivity contribution in [2.75, 3.05) is 5.32 Å². The molecule has 0 bridgehead atoms. The lowest BCUT2D eigenvalue weighted by Gasteiger charge is -2.13. The number of anilines is 1. The average Bonchev–Trinajstić information content (AvgIpc) is 3.12. The molecule has 1 aromatic rings. The van der Waals surface area contributed by atoms with Crippen LogP contribution < -0.4 is 22.3 Å². The van der Waals surface area contributed by atoms with Crippen LogP contribution >= 0.6 is 0 Å². The van der Waals surface area contributed by atoms with Crippen LogP contribution in [-0.2, 0) is 0 Å². The molecule has 0 radical (unpaired) electrons. The smallest absolute Gasteiger partial charge is 0.142 e. The molecular formula is C12H18N4. The van der Waals surface area contributed by atoms with Crippen molar-refractivity contribution in [2.24, 2.45) is 17.5 Å². The highest BCUT2D eigenvalue weighted by Crippen LogP contribution is 2.30. The summed E-state index contributed by atoms with van der Waals surface area (Å²) in [6.07, 6.45) is 6.70. The summed E-state index contributed by atoms with van der Waals surface area (Å²) in [5.41, 5.74) is 10.2. The molecule has 0 aromatic heterocycles. The van der Waals surface area contributed by atoms with Crippen molar-refractivity contribution in [3.05, 3.63) is 35.9 Å². The molecule has 86 valence electrons. The van der Waals surface area contributed by atoms with Crippen LogP contribution in [0.25, 0.3) is 6.08 Å². The summed E-state index contributed by atoms with van der Waals surface area (Å²) >= 11 is 0. The lowest BCUT2D eigenvalue weighted by Crippen LogP contribution is -2.47. The highest BCUT2D eigenvalue weighted by molar-refractivity contribution is 5.55. The lowest BCUT2D eigenvalue weighted by molar-refractivity contribution is 0.605. The number of nitrogens with two attached hydrogens (primary N) is 2. The number of nitrogens with one attached hydrogen (secondary N) is 2. The Morgan fingerprint density at radius 3 is 2.50 bits per heavy atom. The van der Waals surface area contributed by atoms with Gasteiger partial charge in [-0.25, -0.2) is 5.43 Å². The summed E-state index contributed by atoms with van der Waals surface area (Å²) in [6.45, 7) is 0. The normalized spacial score (nSPS) is 17.6. The minimum Gasteiger partial charge on any atom is -0.357 e. The van der Waals surface area contributed by atoms with Crippen molar-refractivity contribution >= 4 is 11.8 Å². The van der Waals surface area contributed by atoms with Crippen molar-refractivity contribution in [1.29, 1.82) is 0 Å². The molecule has 1 unspecified atom stereocenters. The fourth-order valence-electron chi connectivity index (χ4n) is 1.45. The van der Waals surface area contributed by atoms with Crippen LogP contribution in [0.15, 0.2) is 30.3 Å². The Bertz CT molecular complexity index is 354. The fraction of sp³-hybridized carbons (Fsp3) is 0.333. The van der Waals surface area contributed by atoms with E-state index in [-0.39, 0.29) is 0 Å². The Kier molecular flexibility index (Phi) is 3.56. The highest BCUT2D eigenvalue weighted by Gasteiger charge is 2.16. The van der Waals surface area contributed by atoms with E-state index in [4.69, 9.17) is 11.6 Å². The highest BCUT2D eigenvalue weighted by atomic mass is 15.4. The maximum absolute atomic E-state index is 5.59. The van der Waals surface area contributed by atoms with Gasteiger partial charge in [-0.1, -0.05) is 24.3 Å². The zero-order valence-corrected chi connectivity index (χ0v) is 9.19. The summed E-state index contributed by atoms with van der Waals surface area (Å²) in [5.74, 6) is 6.00. The van der Waals surface area contributed by atoms with Crippen LogP contribution in [0.5, 0.6) is 0 Å². The van der Waals surface area contributed by atoms with Crippen molar-refractivity contribution in [2.45, 2.75) is 19.1 Å². The molecule has 6 N–H and O–H groups in total. The lowest BCUT2D eigenvalue weighted by atomic mass is 10.2. The van der Waals surface area contributed by atoms with Gasteiger partial charge >= 0.3 is 0 Å². The number of hydrazine groups is 1. The minimum absolute atomic E-state index is 0.423. The van der Waals surface area contributed by atoms with Crippen molar-refractivity contribution in [1.82, 2.24) is 5.43 Å². The van der Waals surface area contributed by atoms with E-state index in [0.29, 0.717) is 0 Å². The molecule has 1 saturated carbocycles. The Morgan fingerprint density at radius 2 is 1.94 bits per heavy atom. The quantitative estimate of drug-likeness (QED) is 0.340. The molecule has 0 aliphatic heterocycles. The van der Waals surface area contributed by atoms with E-state index in [1.807, 2.05) is 12.1 Å². The first-order valence-electron chi connectivity index (χ1n) is 5.54. The third-order valence-corrected chi connectivity index (χ3v) is 2.60. The molecule has 0 amide bonds. The Balaban J connectivity index is 1.92. The van der Waals surface area contributed by atoms with E-state index in [1.165, 1.54) is 18.4 Å². The molecule has 1 atom stereocenters. The number of hydrogen-bond donors (Lipinski definition) is 4. The van der Waals surface area contributed by atoms with Crippen molar-refractivity contribution < 1.29 is 0 Å². The zero-order chi connectivity index (χ0) is 11.4. The molecule has 1 aromatic carbocycles. The van der Waals surface area contributed by atoms with Crippen LogP contribution in [-0.4, -0.2) is 6.29 Å². The molecular weight excluding hydrogens is 200 g/mol. The molecule has 4 heteroatoms. The monoisotopic (exact) mass is 218 g/mol. The first-order valence-corrected chi connectivity index (χ1v) is 5.54. The third kappa shape index (κ3) is 3.34. The summed E-state index contributed by atoms with van der Waals surface area (Å²) in [5, 5.41) is 3.01. The molecule has 0 heterocycles. The van der Waals surface area contributed by atoms with Gasteiger partial charge < -0.3 is 5.32 Å². The van der Waals surface area contributed by atoms with E-state index in [2.05, 4.69) is 35.0 Å². The summed E-state index contributed by atoms with van der Waals surface area (Å²) in [7, 11) is 0. The second-order valence-electron chi connectivity index (χ2n) is 4.11. The molecule has 4 nitrogen and oxygen atoms in total. The SMILES string of the molecule is NNC(N)Nc1ccc(/C=C/C2CC2)cc1. The molecule has 0 spiro atoms. The number of allylic oxidation sites excluding steroid dienone is 1. The molecule has 2 rings (SSSR count). The maximum Gasteiger partial charge on any atom is 0.142 e. The van der Waals surface area contributed by atoms with E-state index in [1.54, 1.807) is 0 Å². The van der Waals surface area contributed by atoms with Crippen LogP contribution in [0.2, 0.25) is 0 Å².